The number of ether oxygens (including phenoxy) is 1. The maximum Gasteiger partial charge on any atom is 0.261 e. The molecule has 2 aromatic carbocycles. The average molecular weight is 455 g/mol. The van der Waals surface area contributed by atoms with Gasteiger partial charge in [-0.25, -0.2) is 4.39 Å². The molecule has 0 spiro atoms. The van der Waals surface area contributed by atoms with E-state index in [1.54, 1.807) is 31.2 Å². The molecule has 2 rings (SSSR count). The summed E-state index contributed by atoms with van der Waals surface area (Å²) in [6, 6.07) is 9.90. The quantitative estimate of drug-likeness (QED) is 0.650. The number of para-hydroxylation sites is 1. The number of amides is 2. The van der Waals surface area contributed by atoms with E-state index >= 15 is 0 Å². The van der Waals surface area contributed by atoms with Gasteiger partial charge < -0.3 is 15.0 Å². The molecule has 2 aromatic rings. The van der Waals surface area contributed by atoms with Crippen LogP contribution in [0.2, 0.25) is 10.0 Å². The SMILES string of the molecule is C[C@@H](C(=O)NC(C)(C)C)N(Cc1ccc(Cl)cc1Cl)C(=O)COc1ccccc1F. The molecule has 0 saturated carbocycles. The van der Waals surface area contributed by atoms with Gasteiger partial charge in [0.15, 0.2) is 18.2 Å². The Morgan fingerprint density at radius 2 is 1.83 bits per heavy atom. The summed E-state index contributed by atoms with van der Waals surface area (Å²) in [5.74, 6) is -1.43. The molecule has 5 nitrogen and oxygen atoms in total. The van der Waals surface area contributed by atoms with Gasteiger partial charge in [-0.05, 0) is 57.5 Å². The fourth-order valence-corrected chi connectivity index (χ4v) is 3.14. The lowest BCUT2D eigenvalue weighted by molar-refractivity contribution is -0.142. The number of nitrogens with one attached hydrogen (secondary N) is 1. The highest BCUT2D eigenvalue weighted by Gasteiger charge is 2.29. The molecule has 0 radical (unpaired) electrons. The van der Waals surface area contributed by atoms with Gasteiger partial charge in [-0.1, -0.05) is 41.4 Å². The number of carbonyl (C=O) groups excluding carboxylic acids is 2. The van der Waals surface area contributed by atoms with Gasteiger partial charge >= 0.3 is 0 Å². The second kappa shape index (κ2) is 10.1. The zero-order valence-electron chi connectivity index (χ0n) is 17.3. The molecule has 162 valence electrons. The van der Waals surface area contributed by atoms with E-state index in [0.29, 0.717) is 15.6 Å². The third kappa shape index (κ3) is 6.89. The number of carbonyl (C=O) groups is 2. The monoisotopic (exact) mass is 454 g/mol. The molecule has 1 N–H and O–H groups in total. The molecule has 0 saturated heterocycles. The highest BCUT2D eigenvalue weighted by Crippen LogP contribution is 2.23. The molecule has 0 aromatic heterocycles. The first-order chi connectivity index (χ1) is 14.0. The van der Waals surface area contributed by atoms with E-state index in [2.05, 4.69) is 5.32 Å². The third-order valence-corrected chi connectivity index (χ3v) is 4.80. The normalized spacial score (nSPS) is 12.2. The molecule has 0 unspecified atom stereocenters. The van der Waals surface area contributed by atoms with Gasteiger partial charge in [0.2, 0.25) is 5.91 Å². The lowest BCUT2D eigenvalue weighted by Crippen LogP contribution is -2.53. The molecule has 30 heavy (non-hydrogen) atoms. The maximum absolute atomic E-state index is 13.8. The Morgan fingerprint density at radius 3 is 2.43 bits per heavy atom. The van der Waals surface area contributed by atoms with Crippen molar-refractivity contribution in [1.82, 2.24) is 10.2 Å². The molecule has 0 bridgehead atoms. The number of hydrogen-bond donors (Lipinski definition) is 1. The van der Waals surface area contributed by atoms with Gasteiger partial charge in [-0.2, -0.15) is 0 Å². The van der Waals surface area contributed by atoms with Crippen LogP contribution in [0, 0.1) is 5.82 Å². The highest BCUT2D eigenvalue weighted by molar-refractivity contribution is 6.35. The molecular formula is C22H25Cl2FN2O3. The second-order valence-electron chi connectivity index (χ2n) is 7.89. The second-order valence-corrected chi connectivity index (χ2v) is 8.74. The molecule has 0 aliphatic heterocycles. The summed E-state index contributed by atoms with van der Waals surface area (Å²) in [4.78, 5) is 27.0. The van der Waals surface area contributed by atoms with E-state index in [1.807, 2.05) is 20.8 Å². The van der Waals surface area contributed by atoms with Crippen molar-refractivity contribution >= 4 is 35.0 Å². The summed E-state index contributed by atoms with van der Waals surface area (Å²) in [6.07, 6.45) is 0. The van der Waals surface area contributed by atoms with Crippen molar-refractivity contribution in [3.63, 3.8) is 0 Å². The van der Waals surface area contributed by atoms with E-state index in [4.69, 9.17) is 27.9 Å². The Hall–Kier alpha value is -2.31. The number of hydrogen-bond acceptors (Lipinski definition) is 3. The number of benzene rings is 2. The first-order valence-corrected chi connectivity index (χ1v) is 10.2. The number of rotatable bonds is 7. The van der Waals surface area contributed by atoms with Crippen LogP contribution >= 0.6 is 23.2 Å². The Bertz CT molecular complexity index is 915. The molecule has 0 fully saturated rings. The predicted molar refractivity (Wildman–Crippen MR) is 116 cm³/mol. The standard InChI is InChI=1S/C22H25Cl2FN2O3/c1-14(21(29)26-22(2,3)4)27(12-15-9-10-16(23)11-17(15)24)20(28)13-30-19-8-6-5-7-18(19)25/h5-11,14H,12-13H2,1-4H3,(H,26,29)/t14-/m0/s1. The van der Waals surface area contributed by atoms with Crippen molar-refractivity contribution in [2.75, 3.05) is 6.61 Å². The molecular weight excluding hydrogens is 430 g/mol. The minimum atomic E-state index is -0.812. The van der Waals surface area contributed by atoms with Gasteiger partial charge in [-0.3, -0.25) is 9.59 Å². The Morgan fingerprint density at radius 1 is 1.17 bits per heavy atom. The van der Waals surface area contributed by atoms with Crippen molar-refractivity contribution < 1.29 is 18.7 Å². The van der Waals surface area contributed by atoms with E-state index in [1.165, 1.54) is 23.1 Å². The average Bonchev–Trinajstić information content (AvgIpc) is 2.64. The zero-order valence-corrected chi connectivity index (χ0v) is 18.9. The summed E-state index contributed by atoms with van der Waals surface area (Å²) in [7, 11) is 0. The van der Waals surface area contributed by atoms with E-state index in [0.717, 1.165) is 0 Å². The first kappa shape index (κ1) is 24.0. The molecule has 2 amide bonds. The van der Waals surface area contributed by atoms with Crippen molar-refractivity contribution in [3.05, 3.63) is 63.9 Å². The van der Waals surface area contributed by atoms with Gasteiger partial charge in [0, 0.05) is 22.1 Å². The van der Waals surface area contributed by atoms with Crippen LogP contribution in [-0.2, 0) is 16.1 Å². The molecule has 0 aliphatic carbocycles. The summed E-state index contributed by atoms with van der Waals surface area (Å²) >= 11 is 12.2. The fraction of sp³-hybridized carbons (Fsp3) is 0.364. The largest absolute Gasteiger partial charge is 0.481 e. The first-order valence-electron chi connectivity index (χ1n) is 9.40. The molecule has 8 heteroatoms. The van der Waals surface area contributed by atoms with Crippen LogP contribution in [0.15, 0.2) is 42.5 Å². The van der Waals surface area contributed by atoms with Crippen molar-refractivity contribution in [3.8, 4) is 5.75 Å². The third-order valence-electron chi connectivity index (χ3n) is 4.21. The Labute approximate surface area is 186 Å². The topological polar surface area (TPSA) is 58.6 Å². The summed E-state index contributed by atoms with van der Waals surface area (Å²) in [5, 5.41) is 3.69. The lowest BCUT2D eigenvalue weighted by Gasteiger charge is -2.31. The Kier molecular flexibility index (Phi) is 8.10. The fourth-order valence-electron chi connectivity index (χ4n) is 2.67. The minimum Gasteiger partial charge on any atom is -0.481 e. The van der Waals surface area contributed by atoms with Crippen LogP contribution in [0.5, 0.6) is 5.75 Å². The molecule has 1 atom stereocenters. The minimum absolute atomic E-state index is 0.0397. The highest BCUT2D eigenvalue weighted by atomic mass is 35.5. The Balaban J connectivity index is 2.23. The van der Waals surface area contributed by atoms with Crippen LogP contribution in [-0.4, -0.2) is 34.9 Å². The van der Waals surface area contributed by atoms with Gasteiger partial charge in [-0.15, -0.1) is 0 Å². The van der Waals surface area contributed by atoms with Crippen molar-refractivity contribution in [2.24, 2.45) is 0 Å². The van der Waals surface area contributed by atoms with E-state index in [-0.39, 0.29) is 18.2 Å². The van der Waals surface area contributed by atoms with Crippen LogP contribution < -0.4 is 10.1 Å². The maximum atomic E-state index is 13.8. The van der Waals surface area contributed by atoms with Crippen LogP contribution in [0.3, 0.4) is 0 Å². The number of halogens is 3. The van der Waals surface area contributed by atoms with Crippen LogP contribution in [0.1, 0.15) is 33.3 Å². The molecule has 0 aliphatic rings. The van der Waals surface area contributed by atoms with E-state index < -0.39 is 29.9 Å². The number of nitrogens with zero attached hydrogens (tertiary/aromatic N) is 1. The van der Waals surface area contributed by atoms with E-state index in [9.17, 15) is 14.0 Å². The zero-order chi connectivity index (χ0) is 22.5. The van der Waals surface area contributed by atoms with Gasteiger partial charge in [0.1, 0.15) is 6.04 Å². The predicted octanol–water partition coefficient (Wildman–Crippen LogP) is 4.84. The van der Waals surface area contributed by atoms with Crippen LogP contribution in [0.25, 0.3) is 0 Å². The van der Waals surface area contributed by atoms with Gasteiger partial charge in [0.25, 0.3) is 5.91 Å². The van der Waals surface area contributed by atoms with Crippen molar-refractivity contribution in [2.45, 2.75) is 45.8 Å². The smallest absolute Gasteiger partial charge is 0.261 e. The van der Waals surface area contributed by atoms with Gasteiger partial charge in [0.05, 0.1) is 0 Å². The lowest BCUT2D eigenvalue weighted by atomic mass is 10.1. The van der Waals surface area contributed by atoms with Crippen molar-refractivity contribution in [1.29, 1.82) is 0 Å². The summed E-state index contributed by atoms with van der Waals surface area (Å²) < 4.78 is 19.2. The van der Waals surface area contributed by atoms with Crippen LogP contribution in [0.4, 0.5) is 4.39 Å². The summed E-state index contributed by atoms with van der Waals surface area (Å²) in [5.41, 5.74) is 0.150. The summed E-state index contributed by atoms with van der Waals surface area (Å²) in [6.45, 7) is 6.79. The molecule has 0 heterocycles.